The van der Waals surface area contributed by atoms with Gasteiger partial charge in [-0.25, -0.2) is 0 Å². The van der Waals surface area contributed by atoms with E-state index in [9.17, 15) is 29.1 Å². The van der Waals surface area contributed by atoms with E-state index in [0.29, 0.717) is 19.6 Å². The summed E-state index contributed by atoms with van der Waals surface area (Å²) < 4.78 is 22.2. The van der Waals surface area contributed by atoms with Gasteiger partial charge < -0.3 is 24.1 Å². The molecule has 0 aliphatic heterocycles. The van der Waals surface area contributed by atoms with Crippen LogP contribution in [0.25, 0.3) is 0 Å². The summed E-state index contributed by atoms with van der Waals surface area (Å²) in [6.07, 6.45) is 2.22. The van der Waals surface area contributed by atoms with Crippen LogP contribution >= 0.6 is 0 Å². The van der Waals surface area contributed by atoms with Gasteiger partial charge in [0.15, 0.2) is 0 Å². The standard InChI is InChI=1S/C36H67N3O10/c1-15-16-17-26(2)38(19-18-37(23-29(42)46-33(3,4)5)24-30(43)47-34(6,7)8)20-21-39(25-31(44)48-35(9,10)11)27(22-28(40)41)32(45)49-36(12,13)14/h26-27H,15-25H2,1-14H3,(H,40,41). The highest BCUT2D eigenvalue weighted by atomic mass is 16.6. The van der Waals surface area contributed by atoms with E-state index in [1.807, 2.05) is 0 Å². The van der Waals surface area contributed by atoms with Gasteiger partial charge in [0.1, 0.15) is 28.4 Å². The van der Waals surface area contributed by atoms with Gasteiger partial charge >= 0.3 is 29.8 Å². The maximum atomic E-state index is 13.4. The minimum Gasteiger partial charge on any atom is -0.481 e. The summed E-state index contributed by atoms with van der Waals surface area (Å²) in [7, 11) is 0. The summed E-state index contributed by atoms with van der Waals surface area (Å²) >= 11 is 0. The van der Waals surface area contributed by atoms with Crippen molar-refractivity contribution in [2.75, 3.05) is 45.8 Å². The van der Waals surface area contributed by atoms with E-state index in [4.69, 9.17) is 18.9 Å². The van der Waals surface area contributed by atoms with Crippen molar-refractivity contribution in [3.63, 3.8) is 0 Å². The van der Waals surface area contributed by atoms with Gasteiger partial charge in [-0.1, -0.05) is 19.8 Å². The number of aliphatic carboxylic acids is 1. The molecule has 0 aliphatic carbocycles. The van der Waals surface area contributed by atoms with Crippen LogP contribution in [0.3, 0.4) is 0 Å². The number of nitrogens with zero attached hydrogens (tertiary/aromatic N) is 3. The maximum absolute atomic E-state index is 13.4. The van der Waals surface area contributed by atoms with Crippen molar-refractivity contribution < 1.29 is 48.0 Å². The van der Waals surface area contributed by atoms with Gasteiger partial charge in [0.2, 0.25) is 0 Å². The molecule has 2 atom stereocenters. The lowest BCUT2D eigenvalue weighted by molar-refractivity contribution is -0.168. The molecule has 2 unspecified atom stereocenters. The predicted octanol–water partition coefficient (Wildman–Crippen LogP) is 4.68. The molecule has 0 amide bonds. The van der Waals surface area contributed by atoms with Crippen molar-refractivity contribution in [2.24, 2.45) is 0 Å². The molecule has 0 bridgehead atoms. The van der Waals surface area contributed by atoms with Crippen LogP contribution in [0.4, 0.5) is 0 Å². The number of esters is 4. The zero-order valence-corrected chi connectivity index (χ0v) is 32.9. The Kier molecular flexibility index (Phi) is 19.0. The van der Waals surface area contributed by atoms with Gasteiger partial charge in [-0.15, -0.1) is 0 Å². The average Bonchev–Trinajstić information content (AvgIpc) is 2.85. The Morgan fingerprint density at radius 3 is 1.37 bits per heavy atom. The Morgan fingerprint density at radius 2 is 0.980 bits per heavy atom. The molecule has 0 aromatic rings. The summed E-state index contributed by atoms with van der Waals surface area (Å²) in [4.78, 5) is 69.3. The van der Waals surface area contributed by atoms with Crippen molar-refractivity contribution in [3.05, 3.63) is 0 Å². The lowest BCUT2D eigenvalue weighted by atomic mass is 10.1. The van der Waals surface area contributed by atoms with Crippen LogP contribution in [0.15, 0.2) is 0 Å². The Morgan fingerprint density at radius 1 is 0.592 bits per heavy atom. The number of hydrogen-bond donors (Lipinski definition) is 1. The zero-order chi connectivity index (χ0) is 38.4. The Bertz CT molecular complexity index is 1040. The number of hydrogen-bond acceptors (Lipinski definition) is 12. The SMILES string of the molecule is CCCCC(C)N(CCN(CC(=O)OC(C)(C)C)CC(=O)OC(C)(C)C)CCN(CC(=O)OC(C)(C)C)C(CC(=O)O)C(=O)OC(C)(C)C. The highest BCUT2D eigenvalue weighted by Gasteiger charge is 2.35. The largest absolute Gasteiger partial charge is 0.481 e. The average molecular weight is 702 g/mol. The van der Waals surface area contributed by atoms with Crippen LogP contribution in [0, 0.1) is 0 Å². The minimum absolute atomic E-state index is 0.0488. The molecule has 0 saturated heterocycles. The molecule has 0 saturated carbocycles. The number of carboxylic acid groups (broad SMARTS) is 1. The topological polar surface area (TPSA) is 152 Å². The molecule has 0 spiro atoms. The third kappa shape index (κ3) is 24.1. The molecule has 0 aliphatic rings. The zero-order valence-electron chi connectivity index (χ0n) is 32.9. The normalized spacial score (nSPS) is 14.1. The highest BCUT2D eigenvalue weighted by Crippen LogP contribution is 2.18. The second-order valence-electron chi connectivity index (χ2n) is 16.6. The first kappa shape index (κ1) is 46.2. The van der Waals surface area contributed by atoms with E-state index < -0.39 is 64.7 Å². The van der Waals surface area contributed by atoms with Gasteiger partial charge in [-0.3, -0.25) is 38.7 Å². The number of rotatable bonds is 20. The first-order valence-corrected chi connectivity index (χ1v) is 17.4. The fourth-order valence-electron chi connectivity index (χ4n) is 4.87. The molecule has 0 radical (unpaired) electrons. The van der Waals surface area contributed by atoms with Crippen LogP contribution in [0.5, 0.6) is 0 Å². The van der Waals surface area contributed by atoms with Crippen molar-refractivity contribution in [2.45, 2.75) is 157 Å². The van der Waals surface area contributed by atoms with Gasteiger partial charge in [0, 0.05) is 32.2 Å². The van der Waals surface area contributed by atoms with Crippen molar-refractivity contribution in [1.29, 1.82) is 0 Å². The number of ether oxygens (including phenoxy) is 4. The fraction of sp³-hybridized carbons (Fsp3) is 0.861. The molecule has 286 valence electrons. The smallest absolute Gasteiger partial charge is 0.324 e. The van der Waals surface area contributed by atoms with E-state index in [1.165, 1.54) is 4.90 Å². The summed E-state index contributed by atoms with van der Waals surface area (Å²) in [6, 6.07) is -1.19. The van der Waals surface area contributed by atoms with Crippen molar-refractivity contribution in [1.82, 2.24) is 14.7 Å². The van der Waals surface area contributed by atoms with E-state index in [0.717, 1.165) is 19.3 Å². The molecule has 13 heteroatoms. The number of carboxylic acids is 1. The molecule has 0 fully saturated rings. The number of unbranched alkanes of at least 4 members (excludes halogenated alkanes) is 1. The molecule has 0 aromatic carbocycles. The van der Waals surface area contributed by atoms with Crippen LogP contribution in [-0.4, -0.2) is 130 Å². The summed E-state index contributed by atoms with van der Waals surface area (Å²) in [5.41, 5.74) is -3.07. The molecule has 13 nitrogen and oxygen atoms in total. The predicted molar refractivity (Wildman–Crippen MR) is 188 cm³/mol. The molecule has 0 aromatic heterocycles. The van der Waals surface area contributed by atoms with Gasteiger partial charge in [-0.05, 0) is 96.4 Å². The Hall–Kier alpha value is -2.77. The number of carbonyl (C=O) groups excluding carboxylic acids is 4. The van der Waals surface area contributed by atoms with Gasteiger partial charge in [0.25, 0.3) is 0 Å². The lowest BCUT2D eigenvalue weighted by Gasteiger charge is -2.36. The van der Waals surface area contributed by atoms with E-state index in [-0.39, 0.29) is 32.2 Å². The quantitative estimate of drug-likeness (QED) is 0.138. The maximum Gasteiger partial charge on any atom is 0.324 e. The third-order valence-electron chi connectivity index (χ3n) is 6.76. The monoisotopic (exact) mass is 701 g/mol. The first-order valence-electron chi connectivity index (χ1n) is 17.4. The van der Waals surface area contributed by atoms with Crippen LogP contribution < -0.4 is 0 Å². The second kappa shape index (κ2) is 20.2. The summed E-state index contributed by atoms with van der Waals surface area (Å²) in [5.74, 6) is -3.50. The molecule has 0 rings (SSSR count). The van der Waals surface area contributed by atoms with Gasteiger partial charge in [-0.2, -0.15) is 0 Å². The highest BCUT2D eigenvalue weighted by molar-refractivity contribution is 5.83. The Balaban J connectivity index is 6.41. The van der Waals surface area contributed by atoms with Crippen LogP contribution in [0.2, 0.25) is 0 Å². The van der Waals surface area contributed by atoms with Crippen molar-refractivity contribution in [3.8, 4) is 0 Å². The molecular formula is C36H67N3O10. The third-order valence-corrected chi connectivity index (χ3v) is 6.76. The first-order chi connectivity index (χ1) is 22.1. The Labute approximate surface area is 295 Å². The minimum atomic E-state index is -1.24. The van der Waals surface area contributed by atoms with Gasteiger partial charge in [0.05, 0.1) is 26.1 Å². The van der Waals surface area contributed by atoms with E-state index >= 15 is 0 Å². The van der Waals surface area contributed by atoms with Crippen LogP contribution in [-0.2, 0) is 42.9 Å². The molecule has 1 N–H and O–H groups in total. The molecular weight excluding hydrogens is 634 g/mol. The lowest BCUT2D eigenvalue weighted by Crippen LogP contribution is -2.52. The summed E-state index contributed by atoms with van der Waals surface area (Å²) in [5, 5.41) is 9.75. The fourth-order valence-corrected chi connectivity index (χ4v) is 4.87. The molecule has 0 heterocycles. The number of carbonyl (C=O) groups is 5. The molecule has 49 heavy (non-hydrogen) atoms. The van der Waals surface area contributed by atoms with E-state index in [1.54, 1.807) is 88.0 Å². The second-order valence-corrected chi connectivity index (χ2v) is 16.6. The van der Waals surface area contributed by atoms with E-state index in [2.05, 4.69) is 18.7 Å². The summed E-state index contributed by atoms with van der Waals surface area (Å²) in [6.45, 7) is 25.7. The van der Waals surface area contributed by atoms with Crippen molar-refractivity contribution >= 4 is 29.8 Å². The van der Waals surface area contributed by atoms with Crippen LogP contribution in [0.1, 0.15) is 123 Å².